The normalized spacial score (nSPS) is 21.0. The van der Waals surface area contributed by atoms with Crippen LogP contribution in [-0.4, -0.2) is 45.3 Å². The lowest BCUT2D eigenvalue weighted by molar-refractivity contribution is -0.155. The number of aliphatic hydroxyl groups is 2. The van der Waals surface area contributed by atoms with Gasteiger partial charge in [-0.1, -0.05) is 45.4 Å². The van der Waals surface area contributed by atoms with Gasteiger partial charge in [-0.2, -0.15) is 0 Å². The summed E-state index contributed by atoms with van der Waals surface area (Å²) in [5.41, 5.74) is 3.74. The number of pyridine rings is 1. The Morgan fingerprint density at radius 1 is 1.24 bits per heavy atom. The van der Waals surface area contributed by atoms with Crippen molar-refractivity contribution in [3.05, 3.63) is 60.0 Å². The maximum atomic E-state index is 13.3. The summed E-state index contributed by atoms with van der Waals surface area (Å²) in [6.45, 7) is 20.6. The van der Waals surface area contributed by atoms with E-state index < -0.39 is 35.6 Å². The van der Waals surface area contributed by atoms with Crippen molar-refractivity contribution in [3.8, 4) is 0 Å². The van der Waals surface area contributed by atoms with Crippen molar-refractivity contribution in [3.63, 3.8) is 0 Å². The number of Topliss-reactive ketones (excluding diaryl/α,β-unsaturated/α-hetero) is 1. The summed E-state index contributed by atoms with van der Waals surface area (Å²) in [6.07, 6.45) is 3.93. The Labute approximate surface area is 228 Å². The van der Waals surface area contributed by atoms with Crippen molar-refractivity contribution in [2.75, 3.05) is 0 Å². The number of aryl methyl sites for hydroxylation is 1. The number of nitrogens with zero attached hydrogens (tertiary/aromatic N) is 1. The zero-order chi connectivity index (χ0) is 28.8. The third kappa shape index (κ3) is 7.73. The number of hydrogen-bond donors (Lipinski definition) is 2. The molecule has 2 unspecified atom stereocenters. The van der Waals surface area contributed by atoms with E-state index in [9.17, 15) is 19.8 Å². The van der Waals surface area contributed by atoms with E-state index in [0.29, 0.717) is 6.42 Å². The van der Waals surface area contributed by atoms with Crippen LogP contribution in [0.1, 0.15) is 84.9 Å². The predicted molar refractivity (Wildman–Crippen MR) is 152 cm³/mol. The highest BCUT2D eigenvalue weighted by Gasteiger charge is 2.43. The molecule has 38 heavy (non-hydrogen) atoms. The van der Waals surface area contributed by atoms with Crippen LogP contribution in [0.4, 0.5) is 0 Å². The van der Waals surface area contributed by atoms with Crippen molar-refractivity contribution in [2.45, 2.75) is 98.9 Å². The maximum absolute atomic E-state index is 13.3. The summed E-state index contributed by atoms with van der Waals surface area (Å²) < 4.78 is 5.83. The van der Waals surface area contributed by atoms with Gasteiger partial charge in [0.05, 0.1) is 29.7 Å². The predicted octanol–water partition coefficient (Wildman–Crippen LogP) is 6.01. The van der Waals surface area contributed by atoms with Gasteiger partial charge in [-0.05, 0) is 75.1 Å². The minimum absolute atomic E-state index is 0.0728. The molecule has 0 saturated carbocycles. The highest BCUT2D eigenvalue weighted by atomic mass is 16.5. The highest BCUT2D eigenvalue weighted by Crippen LogP contribution is 2.40. The van der Waals surface area contributed by atoms with E-state index in [1.54, 1.807) is 26.8 Å². The average molecular weight is 526 g/mol. The molecule has 0 amide bonds. The van der Waals surface area contributed by atoms with Crippen LogP contribution < -0.4 is 0 Å². The van der Waals surface area contributed by atoms with E-state index in [-0.39, 0.29) is 24.0 Å². The van der Waals surface area contributed by atoms with E-state index in [0.717, 1.165) is 47.2 Å². The number of aliphatic hydroxyl groups excluding tert-OH is 2. The highest BCUT2D eigenvalue weighted by molar-refractivity contribution is 5.88. The number of ketones is 1. The third-order valence-electron chi connectivity index (χ3n) is 8.11. The van der Waals surface area contributed by atoms with E-state index in [1.807, 2.05) is 46.0 Å². The Hall–Kier alpha value is -2.57. The van der Waals surface area contributed by atoms with E-state index in [1.165, 1.54) is 0 Å². The molecule has 1 aromatic rings. The van der Waals surface area contributed by atoms with Gasteiger partial charge in [0.2, 0.25) is 0 Å². The van der Waals surface area contributed by atoms with E-state index in [2.05, 4.69) is 18.1 Å². The van der Waals surface area contributed by atoms with Crippen LogP contribution in [0, 0.1) is 30.1 Å². The number of esters is 1. The summed E-state index contributed by atoms with van der Waals surface area (Å²) in [4.78, 5) is 30.8. The third-order valence-corrected chi connectivity index (χ3v) is 8.11. The molecule has 1 heterocycles. The lowest BCUT2D eigenvalue weighted by atomic mass is 9.73. The van der Waals surface area contributed by atoms with Crippen LogP contribution in [-0.2, 0) is 14.3 Å². The summed E-state index contributed by atoms with van der Waals surface area (Å²) in [7, 11) is 0. The quantitative estimate of drug-likeness (QED) is 0.228. The largest absolute Gasteiger partial charge is 0.457 e. The number of ether oxygens (including phenoxy) is 1. The number of carbonyl (C=O) groups excluding carboxylic acids is 2. The number of allylic oxidation sites excluding steroid dienone is 2. The van der Waals surface area contributed by atoms with Gasteiger partial charge in [-0.15, -0.1) is 13.2 Å². The second-order valence-electron chi connectivity index (χ2n) is 11.8. The van der Waals surface area contributed by atoms with Crippen molar-refractivity contribution in [1.29, 1.82) is 0 Å². The SMILES string of the molecule is C=CC1CC(c2ccc(C)cn2)=C(C)C1OC(=O)C[C@H](O)C(C)(C)C(=O)[C@H](C)[C@@H](O)[C@@H](C)CCCC(=C)C. The zero-order valence-electron chi connectivity index (χ0n) is 24.3. The molecular formula is C32H47NO5. The molecule has 0 saturated heterocycles. The molecule has 0 aromatic carbocycles. The van der Waals surface area contributed by atoms with Crippen molar-refractivity contribution in [1.82, 2.24) is 4.98 Å². The fourth-order valence-electron chi connectivity index (χ4n) is 5.23. The summed E-state index contributed by atoms with van der Waals surface area (Å²) in [6, 6.07) is 3.97. The van der Waals surface area contributed by atoms with Crippen LogP contribution in [0.3, 0.4) is 0 Å². The smallest absolute Gasteiger partial charge is 0.309 e. The molecule has 2 rings (SSSR count). The summed E-state index contributed by atoms with van der Waals surface area (Å²) in [5.74, 6) is -1.69. The van der Waals surface area contributed by atoms with Crippen LogP contribution in [0.25, 0.3) is 5.57 Å². The number of rotatable bonds is 14. The second-order valence-corrected chi connectivity index (χ2v) is 11.8. The molecular weight excluding hydrogens is 478 g/mol. The monoisotopic (exact) mass is 525 g/mol. The van der Waals surface area contributed by atoms with Crippen LogP contribution in [0.2, 0.25) is 0 Å². The molecule has 1 aliphatic rings. The molecule has 6 heteroatoms. The fourth-order valence-corrected chi connectivity index (χ4v) is 5.23. The van der Waals surface area contributed by atoms with Gasteiger partial charge in [-0.3, -0.25) is 14.6 Å². The van der Waals surface area contributed by atoms with Gasteiger partial charge in [0.15, 0.2) is 0 Å². The fraction of sp³-hybridized carbons (Fsp3) is 0.594. The standard InChI is InChI=1S/C32H47NO5/c1-10-24-16-25(26-15-14-20(4)18-33-26)22(6)30(24)38-28(35)17-27(34)32(8,9)31(37)23(7)29(36)21(5)13-11-12-19(2)3/h10,14-15,18,21,23-24,27,29-30,34,36H,1-2,11-13,16-17H2,3-9H3/t21-,23+,24?,27-,29-,30?/m0/s1. The van der Waals surface area contributed by atoms with Crippen molar-refractivity contribution in [2.24, 2.45) is 23.2 Å². The molecule has 210 valence electrons. The molecule has 6 atom stereocenters. The van der Waals surface area contributed by atoms with Gasteiger partial charge in [-0.25, -0.2) is 0 Å². The zero-order valence-corrected chi connectivity index (χ0v) is 24.3. The van der Waals surface area contributed by atoms with Gasteiger partial charge in [0.25, 0.3) is 0 Å². The molecule has 1 aromatic heterocycles. The van der Waals surface area contributed by atoms with E-state index in [4.69, 9.17) is 4.74 Å². The number of carbonyl (C=O) groups is 2. The first-order chi connectivity index (χ1) is 17.7. The first-order valence-electron chi connectivity index (χ1n) is 13.7. The van der Waals surface area contributed by atoms with Crippen LogP contribution in [0.5, 0.6) is 0 Å². The summed E-state index contributed by atoms with van der Waals surface area (Å²) in [5, 5.41) is 21.8. The van der Waals surface area contributed by atoms with Gasteiger partial charge in [0.1, 0.15) is 11.9 Å². The Morgan fingerprint density at radius 2 is 1.89 bits per heavy atom. The van der Waals surface area contributed by atoms with Gasteiger partial charge in [0, 0.05) is 18.0 Å². The average Bonchev–Trinajstić information content (AvgIpc) is 3.17. The van der Waals surface area contributed by atoms with Gasteiger partial charge >= 0.3 is 5.97 Å². The number of aromatic nitrogens is 1. The lowest BCUT2D eigenvalue weighted by Crippen LogP contribution is -2.45. The Bertz CT molecular complexity index is 1040. The maximum Gasteiger partial charge on any atom is 0.309 e. The molecule has 0 fully saturated rings. The van der Waals surface area contributed by atoms with Crippen LogP contribution in [0.15, 0.2) is 48.7 Å². The molecule has 1 aliphatic carbocycles. The number of hydrogen-bond acceptors (Lipinski definition) is 6. The first-order valence-corrected chi connectivity index (χ1v) is 13.7. The molecule has 0 spiro atoms. The van der Waals surface area contributed by atoms with Crippen molar-refractivity contribution >= 4 is 17.3 Å². The topological polar surface area (TPSA) is 96.7 Å². The lowest BCUT2D eigenvalue weighted by Gasteiger charge is -2.34. The van der Waals surface area contributed by atoms with Crippen molar-refractivity contribution < 1.29 is 24.5 Å². The molecule has 0 radical (unpaired) electrons. The molecule has 0 bridgehead atoms. The Balaban J connectivity index is 2.04. The Kier molecular flexibility index (Phi) is 11.2. The van der Waals surface area contributed by atoms with E-state index >= 15 is 0 Å². The minimum atomic E-state index is -1.25. The first kappa shape index (κ1) is 31.6. The van der Waals surface area contributed by atoms with Crippen LogP contribution >= 0.6 is 0 Å². The molecule has 6 nitrogen and oxygen atoms in total. The second kappa shape index (κ2) is 13.5. The van der Waals surface area contributed by atoms with Gasteiger partial charge < -0.3 is 14.9 Å². The molecule has 2 N–H and O–H groups in total. The molecule has 0 aliphatic heterocycles. The summed E-state index contributed by atoms with van der Waals surface area (Å²) >= 11 is 0. The minimum Gasteiger partial charge on any atom is -0.457 e. The Morgan fingerprint density at radius 3 is 2.45 bits per heavy atom.